The van der Waals surface area contributed by atoms with Crippen molar-refractivity contribution < 1.29 is 9.18 Å². The van der Waals surface area contributed by atoms with E-state index >= 15 is 0 Å². The summed E-state index contributed by atoms with van der Waals surface area (Å²) in [7, 11) is 1.77. The van der Waals surface area contributed by atoms with Crippen molar-refractivity contribution in [1.82, 2.24) is 10.6 Å². The first kappa shape index (κ1) is 15.4. The minimum Gasteiger partial charge on any atom is -0.362 e. The second-order valence-corrected chi connectivity index (χ2v) is 4.24. The maximum absolute atomic E-state index is 13.9. The highest BCUT2D eigenvalue weighted by Gasteiger charge is 2.15. The van der Waals surface area contributed by atoms with Crippen molar-refractivity contribution in [2.75, 3.05) is 31.6 Å². The molecule has 0 saturated heterocycles. The predicted octanol–water partition coefficient (Wildman–Crippen LogP) is 1.51. The third-order valence-corrected chi connectivity index (χ3v) is 2.88. The van der Waals surface area contributed by atoms with Gasteiger partial charge in [-0.3, -0.25) is 4.79 Å². The molecule has 1 aromatic rings. The first-order chi connectivity index (χ1) is 9.13. The van der Waals surface area contributed by atoms with Gasteiger partial charge in [0.05, 0.1) is 6.54 Å². The van der Waals surface area contributed by atoms with Crippen LogP contribution in [0.2, 0.25) is 0 Å². The van der Waals surface area contributed by atoms with Crippen LogP contribution in [0.4, 0.5) is 10.1 Å². The zero-order valence-electron chi connectivity index (χ0n) is 11.8. The second kappa shape index (κ2) is 7.74. The number of nitrogens with one attached hydrogen (secondary N) is 2. The van der Waals surface area contributed by atoms with E-state index in [0.717, 1.165) is 5.69 Å². The van der Waals surface area contributed by atoms with Crippen LogP contribution in [0.3, 0.4) is 0 Å². The Balaban J connectivity index is 2.97. The van der Waals surface area contributed by atoms with Gasteiger partial charge in [0.2, 0.25) is 5.91 Å². The molecule has 0 bridgehead atoms. The molecule has 0 aromatic heterocycles. The van der Waals surface area contributed by atoms with Crippen LogP contribution in [0.5, 0.6) is 0 Å². The molecular formula is C14H22FN3O. The topological polar surface area (TPSA) is 44.4 Å². The summed E-state index contributed by atoms with van der Waals surface area (Å²) in [5.74, 6) is -0.301. The molecule has 0 saturated carbocycles. The highest BCUT2D eigenvalue weighted by atomic mass is 19.1. The minimum atomic E-state index is -0.249. The predicted molar refractivity (Wildman–Crippen MR) is 75.7 cm³/mol. The number of hydrogen-bond donors (Lipinski definition) is 2. The van der Waals surface area contributed by atoms with Gasteiger partial charge in [-0.15, -0.1) is 0 Å². The zero-order chi connectivity index (χ0) is 14.3. The van der Waals surface area contributed by atoms with E-state index in [0.29, 0.717) is 25.2 Å². The summed E-state index contributed by atoms with van der Waals surface area (Å²) in [5.41, 5.74) is 1.36. The van der Waals surface area contributed by atoms with E-state index in [1.165, 1.54) is 6.07 Å². The number of likely N-dealkylation sites (N-methyl/N-ethyl adjacent to an activating group) is 2. The van der Waals surface area contributed by atoms with Gasteiger partial charge in [-0.1, -0.05) is 6.07 Å². The van der Waals surface area contributed by atoms with Gasteiger partial charge in [0.1, 0.15) is 5.82 Å². The summed E-state index contributed by atoms with van der Waals surface area (Å²) in [6.45, 7) is 5.76. The van der Waals surface area contributed by atoms with Crippen LogP contribution in [0, 0.1) is 5.82 Å². The lowest BCUT2D eigenvalue weighted by molar-refractivity contribution is -0.119. The van der Waals surface area contributed by atoms with Crippen LogP contribution >= 0.6 is 0 Å². The molecule has 1 rings (SSSR count). The zero-order valence-corrected chi connectivity index (χ0v) is 11.8. The van der Waals surface area contributed by atoms with E-state index in [-0.39, 0.29) is 18.3 Å². The van der Waals surface area contributed by atoms with Crippen LogP contribution in [-0.2, 0) is 11.3 Å². The third-order valence-electron chi connectivity index (χ3n) is 2.88. The number of rotatable bonds is 7. The monoisotopic (exact) mass is 267 g/mol. The Morgan fingerprint density at radius 2 is 2.11 bits per heavy atom. The van der Waals surface area contributed by atoms with Crippen molar-refractivity contribution in [2.45, 2.75) is 20.4 Å². The van der Waals surface area contributed by atoms with Gasteiger partial charge in [0.15, 0.2) is 0 Å². The fourth-order valence-corrected chi connectivity index (χ4v) is 1.99. The number of halogens is 1. The average Bonchev–Trinajstić information content (AvgIpc) is 2.39. The Morgan fingerprint density at radius 1 is 1.37 bits per heavy atom. The largest absolute Gasteiger partial charge is 0.362 e. The van der Waals surface area contributed by atoms with Crippen molar-refractivity contribution in [3.63, 3.8) is 0 Å². The fourth-order valence-electron chi connectivity index (χ4n) is 1.99. The highest BCUT2D eigenvalue weighted by molar-refractivity contribution is 5.81. The summed E-state index contributed by atoms with van der Waals surface area (Å²) in [5, 5.41) is 5.71. The van der Waals surface area contributed by atoms with E-state index < -0.39 is 0 Å². The van der Waals surface area contributed by atoms with Crippen molar-refractivity contribution in [3.8, 4) is 0 Å². The quantitative estimate of drug-likeness (QED) is 0.787. The summed E-state index contributed by atoms with van der Waals surface area (Å²) >= 11 is 0. The number of carbonyl (C=O) groups is 1. The maximum Gasteiger partial charge on any atom is 0.239 e. The average molecular weight is 267 g/mol. The molecule has 0 heterocycles. The Bertz CT molecular complexity index is 423. The minimum absolute atomic E-state index is 0.0518. The molecule has 0 unspecified atom stereocenters. The molecule has 19 heavy (non-hydrogen) atoms. The lowest BCUT2D eigenvalue weighted by Gasteiger charge is -2.25. The van der Waals surface area contributed by atoms with Gasteiger partial charge in [-0.2, -0.15) is 0 Å². The van der Waals surface area contributed by atoms with Crippen molar-refractivity contribution in [3.05, 3.63) is 29.6 Å². The first-order valence-corrected chi connectivity index (χ1v) is 6.57. The summed E-state index contributed by atoms with van der Waals surface area (Å²) in [6.07, 6.45) is 0. The van der Waals surface area contributed by atoms with E-state index in [4.69, 9.17) is 0 Å². The molecule has 106 valence electrons. The number of hydrogen-bond acceptors (Lipinski definition) is 3. The summed E-state index contributed by atoms with van der Waals surface area (Å²) in [6, 6.07) is 4.96. The molecule has 0 spiro atoms. The lowest BCUT2D eigenvalue weighted by atomic mass is 10.1. The van der Waals surface area contributed by atoms with Crippen LogP contribution in [0.15, 0.2) is 18.2 Å². The Hall–Kier alpha value is -1.62. The van der Waals surface area contributed by atoms with Gasteiger partial charge < -0.3 is 15.5 Å². The van der Waals surface area contributed by atoms with Crippen LogP contribution in [0.25, 0.3) is 0 Å². The second-order valence-electron chi connectivity index (χ2n) is 4.24. The van der Waals surface area contributed by atoms with E-state index in [9.17, 15) is 9.18 Å². The lowest BCUT2D eigenvalue weighted by Crippen LogP contribution is -2.37. The highest BCUT2D eigenvalue weighted by Crippen LogP contribution is 2.23. The number of carbonyl (C=O) groups excluding carboxylic acids is 1. The van der Waals surface area contributed by atoms with E-state index in [1.54, 1.807) is 13.1 Å². The van der Waals surface area contributed by atoms with Gasteiger partial charge in [-0.05, 0) is 33.0 Å². The van der Waals surface area contributed by atoms with Crippen LogP contribution in [-0.4, -0.2) is 32.6 Å². The Labute approximate surface area is 114 Å². The smallest absolute Gasteiger partial charge is 0.239 e. The maximum atomic E-state index is 13.9. The van der Waals surface area contributed by atoms with Gasteiger partial charge in [0, 0.05) is 30.9 Å². The van der Waals surface area contributed by atoms with E-state index in [1.807, 2.05) is 24.8 Å². The SMILES string of the molecule is CCNC(=O)CN(CC)c1cccc(F)c1CNC. The number of nitrogens with zero attached hydrogens (tertiary/aromatic N) is 1. The van der Waals surface area contributed by atoms with Gasteiger partial charge in [0.25, 0.3) is 0 Å². The molecule has 4 nitrogen and oxygen atoms in total. The fraction of sp³-hybridized carbons (Fsp3) is 0.500. The van der Waals surface area contributed by atoms with Crippen LogP contribution in [0.1, 0.15) is 19.4 Å². The molecule has 0 aliphatic heterocycles. The molecule has 0 radical (unpaired) electrons. The summed E-state index contributed by atoms with van der Waals surface area (Å²) < 4.78 is 13.9. The third kappa shape index (κ3) is 4.21. The number of anilines is 1. The summed E-state index contributed by atoms with van der Waals surface area (Å²) in [4.78, 5) is 13.6. The molecule has 0 aliphatic carbocycles. The molecule has 1 amide bonds. The van der Waals surface area contributed by atoms with E-state index in [2.05, 4.69) is 10.6 Å². The van der Waals surface area contributed by atoms with Crippen LogP contribution < -0.4 is 15.5 Å². The van der Waals surface area contributed by atoms with Crippen molar-refractivity contribution >= 4 is 11.6 Å². The molecule has 0 aliphatic rings. The molecular weight excluding hydrogens is 245 g/mol. The van der Waals surface area contributed by atoms with Gasteiger partial charge >= 0.3 is 0 Å². The first-order valence-electron chi connectivity index (χ1n) is 6.57. The van der Waals surface area contributed by atoms with Crippen molar-refractivity contribution in [1.29, 1.82) is 0 Å². The molecule has 5 heteroatoms. The molecule has 1 aromatic carbocycles. The molecule has 0 atom stereocenters. The Kier molecular flexibility index (Phi) is 6.29. The Morgan fingerprint density at radius 3 is 2.68 bits per heavy atom. The standard InChI is InChI=1S/C14H22FN3O/c1-4-17-14(19)10-18(5-2)13-8-6-7-12(15)11(13)9-16-3/h6-8,16H,4-5,9-10H2,1-3H3,(H,17,19). The number of benzene rings is 1. The number of amides is 1. The molecule has 0 fully saturated rings. The van der Waals surface area contributed by atoms with Crippen molar-refractivity contribution in [2.24, 2.45) is 0 Å². The normalized spacial score (nSPS) is 10.3. The van der Waals surface area contributed by atoms with Gasteiger partial charge in [-0.25, -0.2) is 4.39 Å². The molecule has 2 N–H and O–H groups in total.